The second kappa shape index (κ2) is 8.56. The molecule has 1 aromatic carbocycles. The summed E-state index contributed by atoms with van der Waals surface area (Å²) in [5.41, 5.74) is 1.25. The molecular formula is C20H21ClN2O5. The van der Waals surface area contributed by atoms with E-state index >= 15 is 0 Å². The Hall–Kier alpha value is -2.67. The highest BCUT2D eigenvalue weighted by atomic mass is 35.5. The Balaban J connectivity index is 1.45. The Morgan fingerprint density at radius 2 is 1.82 bits per heavy atom. The molecule has 2 aliphatic rings. The van der Waals surface area contributed by atoms with Crippen molar-refractivity contribution in [2.24, 2.45) is 11.8 Å². The minimum atomic E-state index is -0.647. The fourth-order valence-electron chi connectivity index (χ4n) is 3.44. The number of nitrogens with zero attached hydrogens (tertiary/aromatic N) is 1. The lowest BCUT2D eigenvalue weighted by Crippen LogP contribution is -2.33. The van der Waals surface area contributed by atoms with Gasteiger partial charge in [0.15, 0.2) is 6.61 Å². The van der Waals surface area contributed by atoms with Gasteiger partial charge < -0.3 is 10.1 Å². The van der Waals surface area contributed by atoms with Gasteiger partial charge in [-0.1, -0.05) is 29.8 Å². The van der Waals surface area contributed by atoms with Crippen LogP contribution in [-0.4, -0.2) is 41.7 Å². The molecule has 1 heterocycles. The van der Waals surface area contributed by atoms with E-state index in [0.717, 1.165) is 4.90 Å². The summed E-state index contributed by atoms with van der Waals surface area (Å²) < 4.78 is 4.95. The van der Waals surface area contributed by atoms with Crippen LogP contribution in [-0.2, 0) is 23.9 Å². The fraction of sp³-hybridized carbons (Fsp3) is 0.400. The number of anilines is 1. The van der Waals surface area contributed by atoms with Crippen molar-refractivity contribution in [1.29, 1.82) is 0 Å². The summed E-state index contributed by atoms with van der Waals surface area (Å²) in [4.78, 5) is 49.7. The highest BCUT2D eigenvalue weighted by Crippen LogP contribution is 2.35. The molecule has 1 fully saturated rings. The fourth-order valence-corrected chi connectivity index (χ4v) is 3.61. The van der Waals surface area contributed by atoms with E-state index in [9.17, 15) is 19.2 Å². The normalized spacial score (nSPS) is 20.9. The quantitative estimate of drug-likeness (QED) is 0.446. The van der Waals surface area contributed by atoms with Crippen molar-refractivity contribution in [3.05, 3.63) is 40.9 Å². The van der Waals surface area contributed by atoms with Crippen LogP contribution in [0, 0.1) is 18.8 Å². The molecule has 0 bridgehead atoms. The maximum atomic E-state index is 12.3. The number of hydrogen-bond acceptors (Lipinski definition) is 5. The summed E-state index contributed by atoms with van der Waals surface area (Å²) in [5, 5.41) is 3.14. The Labute approximate surface area is 167 Å². The lowest BCUT2D eigenvalue weighted by atomic mass is 9.85. The first-order valence-corrected chi connectivity index (χ1v) is 9.47. The number of halogens is 1. The summed E-state index contributed by atoms with van der Waals surface area (Å²) in [6, 6.07) is 5.10. The summed E-state index contributed by atoms with van der Waals surface area (Å²) in [6.07, 6.45) is 4.78. The smallest absolute Gasteiger partial charge is 0.308 e. The Kier molecular flexibility index (Phi) is 6.14. The number of fused-ring (bicyclic) bond motifs is 1. The van der Waals surface area contributed by atoms with E-state index in [1.54, 1.807) is 25.1 Å². The average molecular weight is 405 g/mol. The van der Waals surface area contributed by atoms with Crippen LogP contribution in [0.15, 0.2) is 30.4 Å². The zero-order valence-corrected chi connectivity index (χ0v) is 16.2. The number of benzene rings is 1. The first-order valence-electron chi connectivity index (χ1n) is 9.09. The molecule has 1 saturated heterocycles. The van der Waals surface area contributed by atoms with Gasteiger partial charge in [0.2, 0.25) is 11.8 Å². The average Bonchev–Trinajstić information content (AvgIpc) is 2.93. The molecule has 1 aliphatic carbocycles. The molecule has 0 radical (unpaired) electrons. The number of nitrogens with one attached hydrogen (secondary N) is 1. The van der Waals surface area contributed by atoms with Gasteiger partial charge in [0.05, 0.1) is 18.3 Å². The van der Waals surface area contributed by atoms with Gasteiger partial charge in [-0.25, -0.2) is 0 Å². The van der Waals surface area contributed by atoms with Crippen molar-refractivity contribution in [1.82, 2.24) is 4.90 Å². The van der Waals surface area contributed by atoms with Gasteiger partial charge >= 0.3 is 5.97 Å². The molecular weight excluding hydrogens is 384 g/mol. The van der Waals surface area contributed by atoms with E-state index in [1.807, 2.05) is 12.2 Å². The number of carbonyl (C=O) groups excluding carboxylic acids is 4. The predicted molar refractivity (Wildman–Crippen MR) is 102 cm³/mol. The highest BCUT2D eigenvalue weighted by Gasteiger charge is 2.46. The predicted octanol–water partition coefficient (Wildman–Crippen LogP) is 2.47. The van der Waals surface area contributed by atoms with Gasteiger partial charge in [-0.15, -0.1) is 0 Å². The summed E-state index contributed by atoms with van der Waals surface area (Å²) in [7, 11) is 0. The van der Waals surface area contributed by atoms with Gasteiger partial charge in [0.1, 0.15) is 0 Å². The molecule has 0 unspecified atom stereocenters. The number of carbonyl (C=O) groups is 4. The van der Waals surface area contributed by atoms with Crippen molar-refractivity contribution in [3.63, 3.8) is 0 Å². The Morgan fingerprint density at radius 3 is 2.46 bits per heavy atom. The minimum absolute atomic E-state index is 0.0292. The second-order valence-electron chi connectivity index (χ2n) is 6.86. The summed E-state index contributed by atoms with van der Waals surface area (Å²) in [6.45, 7) is 1.28. The molecule has 1 aliphatic heterocycles. The number of ether oxygens (including phenoxy) is 1. The topological polar surface area (TPSA) is 92.8 Å². The van der Waals surface area contributed by atoms with Crippen LogP contribution >= 0.6 is 11.6 Å². The van der Waals surface area contributed by atoms with Gasteiger partial charge in [-0.05, 0) is 37.5 Å². The van der Waals surface area contributed by atoms with E-state index < -0.39 is 18.5 Å². The molecule has 3 amide bonds. The molecule has 7 nitrogen and oxygen atoms in total. The molecule has 0 saturated carbocycles. The zero-order chi connectivity index (χ0) is 20.3. The van der Waals surface area contributed by atoms with Crippen LogP contribution in [0.1, 0.15) is 24.8 Å². The number of imide groups is 1. The van der Waals surface area contributed by atoms with Gasteiger partial charge in [0, 0.05) is 17.3 Å². The molecule has 2 atom stereocenters. The standard InChI is InChI=1S/C20H21ClN2O5/c1-12-15(21)7-4-8-16(12)22-17(24)11-28-18(25)9-10-23-19(26)13-5-2-3-6-14(13)20(23)27/h2-4,7-8,13-14H,5-6,9-11H2,1H3,(H,22,24)/t13-,14+. The van der Waals surface area contributed by atoms with Crippen molar-refractivity contribution >= 4 is 41.0 Å². The largest absolute Gasteiger partial charge is 0.456 e. The summed E-state index contributed by atoms with van der Waals surface area (Å²) in [5.74, 6) is -2.25. The first-order chi connectivity index (χ1) is 13.4. The third kappa shape index (κ3) is 4.25. The Bertz CT molecular complexity index is 825. The van der Waals surface area contributed by atoms with Gasteiger partial charge in [-0.2, -0.15) is 0 Å². The molecule has 1 aromatic rings. The Morgan fingerprint density at radius 1 is 1.18 bits per heavy atom. The maximum Gasteiger partial charge on any atom is 0.308 e. The molecule has 8 heteroatoms. The van der Waals surface area contributed by atoms with E-state index in [4.69, 9.17) is 16.3 Å². The van der Waals surface area contributed by atoms with E-state index in [2.05, 4.69) is 5.32 Å². The number of amides is 3. The first kappa shape index (κ1) is 20.1. The van der Waals surface area contributed by atoms with Crippen LogP contribution in [0.25, 0.3) is 0 Å². The van der Waals surface area contributed by atoms with Crippen LogP contribution in [0.3, 0.4) is 0 Å². The lowest BCUT2D eigenvalue weighted by molar-refractivity contribution is -0.148. The van der Waals surface area contributed by atoms with Crippen LogP contribution in [0.5, 0.6) is 0 Å². The lowest BCUT2D eigenvalue weighted by Gasteiger charge is -2.14. The zero-order valence-electron chi connectivity index (χ0n) is 15.4. The molecule has 1 N–H and O–H groups in total. The number of rotatable bonds is 6. The van der Waals surface area contributed by atoms with Gasteiger partial charge in [-0.3, -0.25) is 24.1 Å². The molecule has 0 aromatic heterocycles. The third-order valence-electron chi connectivity index (χ3n) is 5.04. The molecule has 28 heavy (non-hydrogen) atoms. The van der Waals surface area contributed by atoms with Crippen molar-refractivity contribution in [2.45, 2.75) is 26.2 Å². The molecule has 3 rings (SSSR count). The number of esters is 1. The number of likely N-dealkylation sites (tertiary alicyclic amines) is 1. The van der Waals surface area contributed by atoms with Crippen molar-refractivity contribution in [2.75, 3.05) is 18.5 Å². The van der Waals surface area contributed by atoms with Crippen LogP contribution in [0.4, 0.5) is 5.69 Å². The van der Waals surface area contributed by atoms with Crippen molar-refractivity contribution in [3.8, 4) is 0 Å². The van der Waals surface area contributed by atoms with E-state index in [1.165, 1.54) is 0 Å². The third-order valence-corrected chi connectivity index (χ3v) is 5.45. The van der Waals surface area contributed by atoms with Crippen LogP contribution < -0.4 is 5.32 Å². The minimum Gasteiger partial charge on any atom is -0.456 e. The number of allylic oxidation sites excluding steroid dienone is 2. The van der Waals surface area contributed by atoms with Gasteiger partial charge in [0.25, 0.3) is 5.91 Å². The monoisotopic (exact) mass is 404 g/mol. The van der Waals surface area contributed by atoms with E-state index in [0.29, 0.717) is 29.1 Å². The molecule has 148 valence electrons. The number of hydrogen-bond donors (Lipinski definition) is 1. The van der Waals surface area contributed by atoms with E-state index in [-0.39, 0.29) is 36.6 Å². The highest BCUT2D eigenvalue weighted by molar-refractivity contribution is 6.31. The second-order valence-corrected chi connectivity index (χ2v) is 7.26. The van der Waals surface area contributed by atoms with Crippen molar-refractivity contribution < 1.29 is 23.9 Å². The SMILES string of the molecule is Cc1c(Cl)cccc1NC(=O)COC(=O)CCN1C(=O)[C@H]2CC=CC[C@H]2C1=O. The van der Waals surface area contributed by atoms with Crippen LogP contribution in [0.2, 0.25) is 5.02 Å². The summed E-state index contributed by atoms with van der Waals surface area (Å²) >= 11 is 6.00. The molecule has 0 spiro atoms. The maximum absolute atomic E-state index is 12.3.